The van der Waals surface area contributed by atoms with E-state index in [2.05, 4.69) is 15.1 Å². The summed E-state index contributed by atoms with van der Waals surface area (Å²) in [5.74, 6) is 1.26. The van der Waals surface area contributed by atoms with E-state index in [1.165, 1.54) is 12.6 Å². The van der Waals surface area contributed by atoms with Crippen molar-refractivity contribution >= 4 is 32.9 Å². The average molecular weight is 365 g/mol. The average Bonchev–Trinajstić information content (AvgIpc) is 2.94. The van der Waals surface area contributed by atoms with Gasteiger partial charge in [0, 0.05) is 37.2 Å². The van der Waals surface area contributed by atoms with Gasteiger partial charge < -0.3 is 4.90 Å². The van der Waals surface area contributed by atoms with Gasteiger partial charge >= 0.3 is 0 Å². The number of anilines is 1. The molecule has 0 aliphatic carbocycles. The highest BCUT2D eigenvalue weighted by Crippen LogP contribution is 2.28. The van der Waals surface area contributed by atoms with Gasteiger partial charge in [-0.1, -0.05) is 23.7 Å². The molecule has 7 nitrogen and oxygen atoms in total. The molecule has 1 unspecified atom stereocenters. The highest BCUT2D eigenvalue weighted by Gasteiger charge is 2.17. The van der Waals surface area contributed by atoms with Crippen LogP contribution in [0, 0.1) is 4.78 Å². The van der Waals surface area contributed by atoms with Crippen molar-refractivity contribution in [2.24, 2.45) is 0 Å². The smallest absolute Gasteiger partial charge is 0.255 e. The van der Waals surface area contributed by atoms with Gasteiger partial charge in [-0.05, 0) is 17.7 Å². The van der Waals surface area contributed by atoms with Gasteiger partial charge in [-0.25, -0.2) is 8.99 Å². The molecule has 126 valence electrons. The Balaban J connectivity index is 2.06. The molecule has 0 radical (unpaired) electrons. The second kappa shape index (κ2) is 6.03. The van der Waals surface area contributed by atoms with Crippen molar-refractivity contribution in [1.29, 1.82) is 4.78 Å². The van der Waals surface area contributed by atoms with E-state index in [9.17, 15) is 4.21 Å². The van der Waals surface area contributed by atoms with Crippen molar-refractivity contribution in [2.45, 2.75) is 11.3 Å². The Labute approximate surface area is 145 Å². The van der Waals surface area contributed by atoms with Crippen molar-refractivity contribution in [3.63, 3.8) is 0 Å². The largest absolute Gasteiger partial charge is 0.362 e. The number of halogens is 1. The maximum absolute atomic E-state index is 11.8. The van der Waals surface area contributed by atoms with Gasteiger partial charge in [0.2, 0.25) is 0 Å². The van der Waals surface area contributed by atoms with E-state index in [0.717, 1.165) is 16.9 Å². The van der Waals surface area contributed by atoms with E-state index >= 15 is 0 Å². The Hall–Kier alpha value is -2.19. The van der Waals surface area contributed by atoms with E-state index in [1.807, 2.05) is 31.1 Å². The summed E-state index contributed by atoms with van der Waals surface area (Å²) in [5.41, 5.74) is 1.81. The number of hydrogen-bond acceptors (Lipinski definition) is 6. The standard InChI is InChI=1S/C15H17ClN6OS/c1-21(2)14-12(13(16)20-15-18-9-19-22(14)15)8-10-4-6-11(7-5-10)24(3,17)23/h4-7,9,17H,8H2,1-3H3. The monoisotopic (exact) mass is 364 g/mol. The van der Waals surface area contributed by atoms with Crippen LogP contribution in [0.1, 0.15) is 11.1 Å². The molecule has 0 amide bonds. The Morgan fingerprint density at radius 1 is 1.29 bits per heavy atom. The summed E-state index contributed by atoms with van der Waals surface area (Å²) in [6, 6.07) is 7.15. The topological polar surface area (TPSA) is 87.2 Å². The molecule has 0 aliphatic rings. The molecule has 0 aliphatic heterocycles. The minimum absolute atomic E-state index is 0.378. The quantitative estimate of drug-likeness (QED) is 0.718. The maximum Gasteiger partial charge on any atom is 0.255 e. The zero-order valence-corrected chi connectivity index (χ0v) is 15.1. The lowest BCUT2D eigenvalue weighted by Gasteiger charge is -2.19. The third kappa shape index (κ3) is 3.07. The van der Waals surface area contributed by atoms with Crippen LogP contribution in [0.5, 0.6) is 0 Å². The molecule has 1 N–H and O–H groups in total. The highest BCUT2D eigenvalue weighted by atomic mass is 35.5. The van der Waals surface area contributed by atoms with Gasteiger partial charge in [0.1, 0.15) is 17.3 Å². The molecular weight excluding hydrogens is 348 g/mol. The molecule has 2 heterocycles. The summed E-state index contributed by atoms with van der Waals surface area (Å²) in [5, 5.41) is 4.59. The van der Waals surface area contributed by atoms with Gasteiger partial charge in [-0.2, -0.15) is 19.6 Å². The molecule has 0 saturated carbocycles. The normalized spacial score (nSPS) is 13.8. The van der Waals surface area contributed by atoms with E-state index in [1.54, 1.807) is 16.6 Å². The molecule has 24 heavy (non-hydrogen) atoms. The predicted octanol–water partition coefficient (Wildman–Crippen LogP) is 2.47. The molecule has 9 heteroatoms. The number of hydrogen-bond donors (Lipinski definition) is 1. The first-order chi connectivity index (χ1) is 11.3. The number of aromatic nitrogens is 4. The summed E-state index contributed by atoms with van der Waals surface area (Å²) in [6.45, 7) is 0. The highest BCUT2D eigenvalue weighted by molar-refractivity contribution is 7.91. The van der Waals surface area contributed by atoms with Crippen molar-refractivity contribution in [3.05, 3.63) is 46.9 Å². The Kier molecular flexibility index (Phi) is 4.18. The molecule has 0 spiro atoms. The van der Waals surface area contributed by atoms with Crippen LogP contribution in [-0.4, -0.2) is 44.1 Å². The van der Waals surface area contributed by atoms with Gasteiger partial charge in [-0.15, -0.1) is 0 Å². The molecular formula is C15H17ClN6OS. The second-order valence-corrected chi connectivity index (χ2v) is 8.25. The lowest BCUT2D eigenvalue weighted by Crippen LogP contribution is -2.18. The molecule has 0 fully saturated rings. The summed E-state index contributed by atoms with van der Waals surface area (Å²) < 4.78 is 21.1. The van der Waals surface area contributed by atoms with Crippen molar-refractivity contribution in [1.82, 2.24) is 19.6 Å². The molecule has 3 aromatic rings. The SMILES string of the molecule is CN(C)c1c(Cc2ccc(S(C)(=N)=O)cc2)c(Cl)nc2ncnn12. The zero-order valence-electron chi connectivity index (χ0n) is 13.5. The van der Waals surface area contributed by atoms with Crippen LogP contribution in [-0.2, 0) is 16.1 Å². The minimum atomic E-state index is -2.71. The van der Waals surface area contributed by atoms with Crippen LogP contribution in [0.25, 0.3) is 5.78 Å². The van der Waals surface area contributed by atoms with E-state index in [0.29, 0.717) is 22.2 Å². The van der Waals surface area contributed by atoms with Crippen LogP contribution in [0.15, 0.2) is 35.5 Å². The molecule has 3 rings (SSSR count). The van der Waals surface area contributed by atoms with Crippen LogP contribution >= 0.6 is 11.6 Å². The summed E-state index contributed by atoms with van der Waals surface area (Å²) in [4.78, 5) is 10.8. The molecule has 1 atom stereocenters. The first-order valence-corrected chi connectivity index (χ1v) is 9.50. The van der Waals surface area contributed by atoms with Gasteiger partial charge in [0.25, 0.3) is 5.78 Å². The first kappa shape index (κ1) is 16.7. The number of fused-ring (bicyclic) bond motifs is 1. The molecule has 2 aromatic heterocycles. The lowest BCUT2D eigenvalue weighted by atomic mass is 10.1. The summed E-state index contributed by atoms with van der Waals surface area (Å²) in [6.07, 6.45) is 3.39. The van der Waals surface area contributed by atoms with E-state index in [-0.39, 0.29) is 0 Å². The van der Waals surface area contributed by atoms with Gasteiger partial charge in [0.05, 0.1) is 9.73 Å². The van der Waals surface area contributed by atoms with Crippen LogP contribution in [0.2, 0.25) is 5.15 Å². The first-order valence-electron chi connectivity index (χ1n) is 7.15. The third-order valence-corrected chi connectivity index (χ3v) is 5.11. The summed E-state index contributed by atoms with van der Waals surface area (Å²) in [7, 11) is 1.10. The van der Waals surface area contributed by atoms with Crippen LogP contribution < -0.4 is 4.90 Å². The van der Waals surface area contributed by atoms with Crippen molar-refractivity contribution in [2.75, 3.05) is 25.3 Å². The fourth-order valence-corrected chi connectivity index (χ4v) is 3.40. The Morgan fingerprint density at radius 2 is 1.96 bits per heavy atom. The van der Waals surface area contributed by atoms with Crippen molar-refractivity contribution in [3.8, 4) is 0 Å². The number of rotatable bonds is 4. The summed E-state index contributed by atoms with van der Waals surface area (Å²) >= 11 is 6.37. The predicted molar refractivity (Wildman–Crippen MR) is 94.4 cm³/mol. The lowest BCUT2D eigenvalue weighted by molar-refractivity contribution is 0.679. The molecule has 0 bridgehead atoms. The van der Waals surface area contributed by atoms with E-state index < -0.39 is 9.73 Å². The zero-order chi connectivity index (χ0) is 17.5. The fraction of sp³-hybridized carbons (Fsp3) is 0.267. The van der Waals surface area contributed by atoms with Gasteiger partial charge in [-0.3, -0.25) is 0 Å². The maximum atomic E-state index is 11.8. The van der Waals surface area contributed by atoms with E-state index in [4.69, 9.17) is 16.4 Å². The molecule has 0 saturated heterocycles. The second-order valence-electron chi connectivity index (χ2n) is 5.74. The van der Waals surface area contributed by atoms with Crippen LogP contribution in [0.3, 0.4) is 0 Å². The number of benzene rings is 1. The minimum Gasteiger partial charge on any atom is -0.362 e. The van der Waals surface area contributed by atoms with Crippen molar-refractivity contribution < 1.29 is 4.21 Å². The third-order valence-electron chi connectivity index (χ3n) is 3.63. The van der Waals surface area contributed by atoms with Gasteiger partial charge in [0.15, 0.2) is 0 Å². The Morgan fingerprint density at radius 3 is 2.54 bits per heavy atom. The fourth-order valence-electron chi connectivity index (χ4n) is 2.52. The molecule has 1 aromatic carbocycles. The number of nitrogens with one attached hydrogen (secondary N) is 1. The number of nitrogens with zero attached hydrogens (tertiary/aromatic N) is 5. The van der Waals surface area contributed by atoms with Crippen LogP contribution in [0.4, 0.5) is 5.82 Å². The Bertz CT molecular complexity index is 995.